The summed E-state index contributed by atoms with van der Waals surface area (Å²) in [5, 5.41) is -2.73. The predicted octanol–water partition coefficient (Wildman–Crippen LogP) is 2.13. The largest absolute Gasteiger partial charge is 0.301 e. The first kappa shape index (κ1) is 12.7. The second-order valence-corrected chi connectivity index (χ2v) is 4.16. The molecule has 0 aromatic heterocycles. The van der Waals surface area contributed by atoms with E-state index in [0.29, 0.717) is 0 Å². The molecule has 0 bridgehead atoms. The molecule has 0 aromatic rings. The minimum absolute atomic E-state index is 0.272. The van der Waals surface area contributed by atoms with Gasteiger partial charge in [-0.15, -0.1) is 11.6 Å². The van der Waals surface area contributed by atoms with Crippen molar-refractivity contribution in [3.05, 3.63) is 20.7 Å². The van der Waals surface area contributed by atoms with Crippen LogP contribution in [0.15, 0.2) is 20.7 Å². The van der Waals surface area contributed by atoms with Gasteiger partial charge in [-0.1, -0.05) is 34.8 Å². The molecule has 0 aromatic carbocycles. The number of aldehydes is 1. The second-order valence-electron chi connectivity index (χ2n) is 2.55. The Balaban J connectivity index is 3.34. The number of carbonyl (C=O) groups excluding carboxylic acids is 3. The van der Waals surface area contributed by atoms with Gasteiger partial charge in [-0.05, 0) is 0 Å². The SMILES string of the molecule is O=CC(Cl)C1=C(Cl)C(=O)C(Cl)=C(Cl)C1=O. The summed E-state index contributed by atoms with van der Waals surface area (Å²) in [6.45, 7) is 0. The van der Waals surface area contributed by atoms with E-state index in [4.69, 9.17) is 46.4 Å². The van der Waals surface area contributed by atoms with Gasteiger partial charge in [-0.2, -0.15) is 0 Å². The molecule has 1 atom stereocenters. The second kappa shape index (κ2) is 4.66. The lowest BCUT2D eigenvalue weighted by molar-refractivity contribution is -0.116. The van der Waals surface area contributed by atoms with Crippen LogP contribution in [0.3, 0.4) is 0 Å². The highest BCUT2D eigenvalue weighted by Gasteiger charge is 2.35. The normalized spacial score (nSPS) is 19.7. The average molecular weight is 288 g/mol. The number of allylic oxidation sites excluding steroid dienone is 4. The molecule has 0 heterocycles. The van der Waals surface area contributed by atoms with E-state index in [1.165, 1.54) is 0 Å². The van der Waals surface area contributed by atoms with E-state index in [2.05, 4.69) is 0 Å². The molecule has 0 radical (unpaired) electrons. The molecule has 1 aliphatic carbocycles. The van der Waals surface area contributed by atoms with Crippen molar-refractivity contribution in [2.75, 3.05) is 0 Å². The topological polar surface area (TPSA) is 51.2 Å². The van der Waals surface area contributed by atoms with Crippen molar-refractivity contribution in [3.63, 3.8) is 0 Å². The number of rotatable bonds is 2. The smallest absolute Gasteiger partial charge is 0.217 e. The molecular formula is C8H2Cl4O3. The van der Waals surface area contributed by atoms with Gasteiger partial charge in [-0.25, -0.2) is 0 Å². The summed E-state index contributed by atoms with van der Waals surface area (Å²) in [6.07, 6.45) is 0.272. The number of carbonyl (C=O) groups is 3. The van der Waals surface area contributed by atoms with E-state index >= 15 is 0 Å². The summed E-state index contributed by atoms with van der Waals surface area (Å²) >= 11 is 22.0. The summed E-state index contributed by atoms with van der Waals surface area (Å²) in [5.74, 6) is -1.62. The van der Waals surface area contributed by atoms with E-state index in [1.54, 1.807) is 0 Å². The fraction of sp³-hybridized carbons (Fsp3) is 0.125. The quantitative estimate of drug-likeness (QED) is 0.444. The van der Waals surface area contributed by atoms with Crippen LogP contribution < -0.4 is 0 Å². The molecular weight excluding hydrogens is 286 g/mol. The first-order chi connectivity index (χ1) is 6.91. The zero-order chi connectivity index (χ0) is 11.7. The number of halogens is 4. The van der Waals surface area contributed by atoms with Gasteiger partial charge in [0, 0.05) is 5.57 Å². The molecule has 80 valence electrons. The van der Waals surface area contributed by atoms with E-state index in [0.717, 1.165) is 0 Å². The maximum atomic E-state index is 11.5. The van der Waals surface area contributed by atoms with Gasteiger partial charge >= 0.3 is 0 Å². The molecule has 0 saturated heterocycles. The summed E-state index contributed by atoms with van der Waals surface area (Å²) in [5.41, 5.74) is -0.340. The fourth-order valence-electron chi connectivity index (χ4n) is 0.950. The van der Waals surface area contributed by atoms with Gasteiger partial charge in [0.1, 0.15) is 21.7 Å². The fourth-order valence-corrected chi connectivity index (χ4v) is 1.93. The minimum atomic E-state index is -1.31. The van der Waals surface area contributed by atoms with Crippen LogP contribution in [0.4, 0.5) is 0 Å². The number of Topliss-reactive ketones (excluding diaryl/α,β-unsaturated/α-hetero) is 2. The minimum Gasteiger partial charge on any atom is -0.301 e. The Morgan fingerprint density at radius 3 is 1.87 bits per heavy atom. The van der Waals surface area contributed by atoms with E-state index < -0.39 is 32.0 Å². The van der Waals surface area contributed by atoms with Gasteiger partial charge in [-0.3, -0.25) is 9.59 Å². The molecule has 1 rings (SSSR count). The van der Waals surface area contributed by atoms with E-state index in [-0.39, 0.29) is 11.9 Å². The van der Waals surface area contributed by atoms with Gasteiger partial charge in [0.2, 0.25) is 11.6 Å². The van der Waals surface area contributed by atoms with E-state index in [1.807, 2.05) is 0 Å². The molecule has 1 unspecified atom stereocenters. The van der Waals surface area contributed by atoms with Crippen LogP contribution in [0.5, 0.6) is 0 Å². The van der Waals surface area contributed by atoms with Crippen LogP contribution in [0, 0.1) is 0 Å². The van der Waals surface area contributed by atoms with Gasteiger partial charge < -0.3 is 4.79 Å². The highest BCUT2D eigenvalue weighted by molar-refractivity contribution is 6.65. The Hall–Kier alpha value is -0.350. The first-order valence-electron chi connectivity index (χ1n) is 3.55. The van der Waals surface area contributed by atoms with Crippen molar-refractivity contribution < 1.29 is 14.4 Å². The molecule has 0 amide bonds. The van der Waals surface area contributed by atoms with Crippen molar-refractivity contribution in [1.29, 1.82) is 0 Å². The number of alkyl halides is 1. The average Bonchev–Trinajstić information content (AvgIpc) is 2.23. The highest BCUT2D eigenvalue weighted by atomic mass is 35.5. The number of ketones is 2. The summed E-state index contributed by atoms with van der Waals surface area (Å²) < 4.78 is 0. The lowest BCUT2D eigenvalue weighted by atomic mass is 10.0. The molecule has 0 aliphatic heterocycles. The van der Waals surface area contributed by atoms with Crippen LogP contribution in [0.1, 0.15) is 0 Å². The number of hydrogen-bond acceptors (Lipinski definition) is 3. The first-order valence-corrected chi connectivity index (χ1v) is 5.12. The Labute approximate surface area is 105 Å². The molecule has 15 heavy (non-hydrogen) atoms. The van der Waals surface area contributed by atoms with Crippen LogP contribution in [-0.4, -0.2) is 23.2 Å². The predicted molar refractivity (Wildman–Crippen MR) is 57.3 cm³/mol. The van der Waals surface area contributed by atoms with Crippen molar-refractivity contribution in [1.82, 2.24) is 0 Å². The van der Waals surface area contributed by atoms with Crippen molar-refractivity contribution >= 4 is 64.3 Å². The molecule has 7 heteroatoms. The zero-order valence-corrected chi connectivity index (χ0v) is 9.92. The van der Waals surface area contributed by atoms with Gasteiger partial charge in [0.05, 0.1) is 5.03 Å². The summed E-state index contributed by atoms with van der Waals surface area (Å²) in [4.78, 5) is 33.2. The number of hydrogen-bond donors (Lipinski definition) is 0. The third-order valence-electron chi connectivity index (χ3n) is 1.67. The highest BCUT2D eigenvalue weighted by Crippen LogP contribution is 2.33. The molecule has 3 nitrogen and oxygen atoms in total. The Bertz CT molecular complexity index is 422. The molecule has 0 fully saturated rings. The summed E-state index contributed by atoms with van der Waals surface area (Å²) in [6, 6.07) is 0. The monoisotopic (exact) mass is 286 g/mol. The Morgan fingerprint density at radius 1 is 0.933 bits per heavy atom. The maximum Gasteiger partial charge on any atom is 0.217 e. The Kier molecular flexibility index (Phi) is 3.95. The third-order valence-corrected chi connectivity index (χ3v) is 3.18. The third kappa shape index (κ3) is 2.11. The van der Waals surface area contributed by atoms with Crippen LogP contribution in [0.2, 0.25) is 0 Å². The van der Waals surface area contributed by atoms with E-state index in [9.17, 15) is 14.4 Å². The molecule has 0 N–H and O–H groups in total. The van der Waals surface area contributed by atoms with Crippen LogP contribution in [0.25, 0.3) is 0 Å². The standard InChI is InChI=1S/C8H2Cl4O3/c9-2(1-13)3-4(10)8(15)6(12)5(11)7(3)14/h1-2H. The lowest BCUT2D eigenvalue weighted by Crippen LogP contribution is -2.24. The maximum absolute atomic E-state index is 11.5. The van der Waals surface area contributed by atoms with Gasteiger partial charge in [0.15, 0.2) is 0 Å². The zero-order valence-electron chi connectivity index (χ0n) is 6.89. The van der Waals surface area contributed by atoms with Crippen LogP contribution >= 0.6 is 46.4 Å². The molecule has 1 aliphatic rings. The van der Waals surface area contributed by atoms with Crippen molar-refractivity contribution in [2.24, 2.45) is 0 Å². The summed E-state index contributed by atoms with van der Waals surface area (Å²) in [7, 11) is 0. The Morgan fingerprint density at radius 2 is 1.40 bits per heavy atom. The molecule has 0 spiro atoms. The van der Waals surface area contributed by atoms with Crippen LogP contribution in [-0.2, 0) is 14.4 Å². The molecule has 0 saturated carbocycles. The van der Waals surface area contributed by atoms with Gasteiger partial charge in [0.25, 0.3) is 0 Å². The van der Waals surface area contributed by atoms with Crippen molar-refractivity contribution in [3.8, 4) is 0 Å². The lowest BCUT2D eigenvalue weighted by Gasteiger charge is -2.15. The van der Waals surface area contributed by atoms with Crippen molar-refractivity contribution in [2.45, 2.75) is 5.38 Å².